The van der Waals surface area contributed by atoms with Crippen LogP contribution in [0.5, 0.6) is 11.5 Å². The van der Waals surface area contributed by atoms with E-state index in [-0.39, 0.29) is 12.7 Å². The Morgan fingerprint density at radius 1 is 1.19 bits per heavy atom. The zero-order chi connectivity index (χ0) is 14.8. The number of carbonyl (C=O) groups is 1. The molecular formula is C15H17ClN2O3. The van der Waals surface area contributed by atoms with Crippen LogP contribution in [-0.2, 0) is 0 Å². The summed E-state index contributed by atoms with van der Waals surface area (Å²) in [7, 11) is 0. The van der Waals surface area contributed by atoms with Crippen molar-refractivity contribution in [3.63, 3.8) is 0 Å². The largest absolute Gasteiger partial charge is 0.454 e. The number of benzene rings is 1. The predicted octanol–water partition coefficient (Wildman–Crippen LogP) is 1.93. The van der Waals surface area contributed by atoms with Gasteiger partial charge >= 0.3 is 0 Å². The van der Waals surface area contributed by atoms with Crippen LogP contribution in [0.4, 0.5) is 0 Å². The van der Waals surface area contributed by atoms with Crippen molar-refractivity contribution < 1.29 is 14.3 Å². The smallest absolute Gasteiger partial charge is 0.254 e. The van der Waals surface area contributed by atoms with E-state index in [9.17, 15) is 4.79 Å². The molecule has 5 nitrogen and oxygen atoms in total. The van der Waals surface area contributed by atoms with Gasteiger partial charge in [-0.05, 0) is 18.2 Å². The summed E-state index contributed by atoms with van der Waals surface area (Å²) in [6.45, 7) is 7.59. The Labute approximate surface area is 128 Å². The number of fused-ring (bicyclic) bond motifs is 1. The van der Waals surface area contributed by atoms with E-state index in [1.807, 2.05) is 4.90 Å². The van der Waals surface area contributed by atoms with Gasteiger partial charge in [0, 0.05) is 43.3 Å². The summed E-state index contributed by atoms with van der Waals surface area (Å²) in [4.78, 5) is 16.5. The highest BCUT2D eigenvalue weighted by molar-refractivity contribution is 6.29. The Bertz CT molecular complexity index is 568. The van der Waals surface area contributed by atoms with Crippen molar-refractivity contribution in [3.05, 3.63) is 35.4 Å². The van der Waals surface area contributed by atoms with Gasteiger partial charge in [0.1, 0.15) is 0 Å². The van der Waals surface area contributed by atoms with Crippen LogP contribution >= 0.6 is 11.6 Å². The molecule has 1 fully saturated rings. The van der Waals surface area contributed by atoms with Gasteiger partial charge in [-0.25, -0.2) is 0 Å². The van der Waals surface area contributed by atoms with Crippen molar-refractivity contribution in [1.29, 1.82) is 0 Å². The second-order valence-corrected chi connectivity index (χ2v) is 5.69. The summed E-state index contributed by atoms with van der Waals surface area (Å²) in [6, 6.07) is 5.31. The third-order valence-electron chi connectivity index (χ3n) is 3.67. The van der Waals surface area contributed by atoms with E-state index in [4.69, 9.17) is 21.1 Å². The Morgan fingerprint density at radius 3 is 2.62 bits per heavy atom. The average Bonchev–Trinajstić information content (AvgIpc) is 2.94. The maximum atomic E-state index is 12.5. The van der Waals surface area contributed by atoms with Crippen molar-refractivity contribution in [1.82, 2.24) is 9.80 Å². The highest BCUT2D eigenvalue weighted by atomic mass is 35.5. The van der Waals surface area contributed by atoms with Crippen molar-refractivity contribution in [3.8, 4) is 11.5 Å². The molecule has 2 heterocycles. The van der Waals surface area contributed by atoms with E-state index in [0.717, 1.165) is 13.1 Å². The first kappa shape index (κ1) is 14.2. The molecule has 0 aliphatic carbocycles. The minimum absolute atomic E-state index is 0.0256. The molecule has 0 aromatic heterocycles. The van der Waals surface area contributed by atoms with E-state index in [1.165, 1.54) is 0 Å². The second kappa shape index (κ2) is 5.95. The first-order chi connectivity index (χ1) is 10.1. The zero-order valence-corrected chi connectivity index (χ0v) is 12.4. The van der Waals surface area contributed by atoms with Gasteiger partial charge in [-0.1, -0.05) is 18.2 Å². The monoisotopic (exact) mass is 308 g/mol. The third-order valence-corrected chi connectivity index (χ3v) is 3.79. The highest BCUT2D eigenvalue weighted by Crippen LogP contribution is 2.32. The van der Waals surface area contributed by atoms with Gasteiger partial charge in [0.25, 0.3) is 5.91 Å². The Kier molecular flexibility index (Phi) is 4.03. The molecule has 2 aliphatic rings. The van der Waals surface area contributed by atoms with Gasteiger partial charge in [-0.3, -0.25) is 9.69 Å². The summed E-state index contributed by atoms with van der Waals surface area (Å²) in [5.41, 5.74) is 0.634. The van der Waals surface area contributed by atoms with Gasteiger partial charge in [0.15, 0.2) is 11.5 Å². The summed E-state index contributed by atoms with van der Waals surface area (Å²) in [5, 5.41) is 0.630. The molecule has 2 aliphatic heterocycles. The molecule has 0 bridgehead atoms. The van der Waals surface area contributed by atoms with E-state index in [2.05, 4.69) is 11.5 Å². The molecule has 0 N–H and O–H groups in total. The first-order valence-electron chi connectivity index (χ1n) is 6.88. The molecule has 21 heavy (non-hydrogen) atoms. The highest BCUT2D eigenvalue weighted by Gasteiger charge is 2.24. The normalized spacial score (nSPS) is 17.9. The van der Waals surface area contributed by atoms with Crippen LogP contribution in [0.25, 0.3) is 0 Å². The molecule has 0 spiro atoms. The van der Waals surface area contributed by atoms with Crippen LogP contribution in [0, 0.1) is 0 Å². The van der Waals surface area contributed by atoms with Crippen LogP contribution in [0.3, 0.4) is 0 Å². The molecule has 1 amide bonds. The summed E-state index contributed by atoms with van der Waals surface area (Å²) >= 11 is 5.82. The van der Waals surface area contributed by atoms with Crippen LogP contribution in [0.15, 0.2) is 29.8 Å². The number of rotatable bonds is 3. The van der Waals surface area contributed by atoms with Crippen molar-refractivity contribution in [2.45, 2.75) is 0 Å². The number of carbonyl (C=O) groups excluding carboxylic acids is 1. The van der Waals surface area contributed by atoms with E-state index in [0.29, 0.717) is 41.7 Å². The van der Waals surface area contributed by atoms with E-state index < -0.39 is 0 Å². The molecule has 1 saturated heterocycles. The lowest BCUT2D eigenvalue weighted by Crippen LogP contribution is -2.48. The third kappa shape index (κ3) is 3.14. The van der Waals surface area contributed by atoms with Crippen LogP contribution < -0.4 is 9.47 Å². The molecule has 6 heteroatoms. The predicted molar refractivity (Wildman–Crippen MR) is 79.9 cm³/mol. The Hall–Kier alpha value is -1.72. The number of hydrogen-bond acceptors (Lipinski definition) is 4. The topological polar surface area (TPSA) is 42.0 Å². The number of amides is 1. The standard InChI is InChI=1S/C15H17ClN2O3/c1-11(16)9-17-4-6-18(7-5-17)15(19)12-2-3-13-14(8-12)21-10-20-13/h2-3,8H,1,4-7,9-10H2. The maximum absolute atomic E-state index is 12.5. The van der Waals surface area contributed by atoms with Crippen LogP contribution in [-0.4, -0.2) is 55.2 Å². The lowest BCUT2D eigenvalue weighted by molar-refractivity contribution is 0.0649. The van der Waals surface area contributed by atoms with Crippen molar-refractivity contribution in [2.24, 2.45) is 0 Å². The molecule has 1 aromatic rings. The molecule has 112 valence electrons. The fourth-order valence-electron chi connectivity index (χ4n) is 2.56. The zero-order valence-electron chi connectivity index (χ0n) is 11.7. The fraction of sp³-hybridized carbons (Fsp3) is 0.400. The van der Waals surface area contributed by atoms with Gasteiger partial charge in [0.05, 0.1) is 0 Å². The van der Waals surface area contributed by atoms with Crippen LogP contribution in [0.1, 0.15) is 10.4 Å². The Balaban J connectivity index is 1.63. The van der Waals surface area contributed by atoms with Gasteiger partial charge < -0.3 is 14.4 Å². The average molecular weight is 309 g/mol. The number of nitrogens with zero attached hydrogens (tertiary/aromatic N) is 2. The lowest BCUT2D eigenvalue weighted by Gasteiger charge is -2.34. The Morgan fingerprint density at radius 2 is 1.90 bits per heavy atom. The molecule has 0 radical (unpaired) electrons. The maximum Gasteiger partial charge on any atom is 0.254 e. The second-order valence-electron chi connectivity index (χ2n) is 5.15. The molecule has 1 aromatic carbocycles. The SMILES string of the molecule is C=C(Cl)CN1CCN(C(=O)c2ccc3c(c2)OCO3)CC1. The summed E-state index contributed by atoms with van der Waals surface area (Å²) < 4.78 is 10.6. The van der Waals surface area contributed by atoms with Gasteiger partial charge in [-0.2, -0.15) is 0 Å². The number of piperazine rings is 1. The number of ether oxygens (including phenoxy) is 2. The number of halogens is 1. The fourth-order valence-corrected chi connectivity index (χ4v) is 2.73. The van der Waals surface area contributed by atoms with E-state index >= 15 is 0 Å². The quantitative estimate of drug-likeness (QED) is 0.855. The molecule has 3 rings (SSSR count). The number of hydrogen-bond donors (Lipinski definition) is 0. The van der Waals surface area contributed by atoms with Crippen LogP contribution in [0.2, 0.25) is 0 Å². The first-order valence-corrected chi connectivity index (χ1v) is 7.26. The molecule has 0 saturated carbocycles. The lowest BCUT2D eigenvalue weighted by atomic mass is 10.1. The molecule has 0 atom stereocenters. The molecular weight excluding hydrogens is 292 g/mol. The van der Waals surface area contributed by atoms with E-state index in [1.54, 1.807) is 18.2 Å². The summed E-state index contributed by atoms with van der Waals surface area (Å²) in [5.74, 6) is 1.35. The minimum Gasteiger partial charge on any atom is -0.454 e. The van der Waals surface area contributed by atoms with Crippen molar-refractivity contribution in [2.75, 3.05) is 39.5 Å². The minimum atomic E-state index is 0.0256. The summed E-state index contributed by atoms with van der Waals surface area (Å²) in [6.07, 6.45) is 0. The van der Waals surface area contributed by atoms with Gasteiger partial charge in [0.2, 0.25) is 6.79 Å². The van der Waals surface area contributed by atoms with Gasteiger partial charge in [-0.15, -0.1) is 0 Å². The molecule has 0 unspecified atom stereocenters. The van der Waals surface area contributed by atoms with Crippen molar-refractivity contribution >= 4 is 17.5 Å².